The van der Waals surface area contributed by atoms with Crippen molar-refractivity contribution in [3.05, 3.63) is 75.9 Å². The summed E-state index contributed by atoms with van der Waals surface area (Å²) in [6.07, 6.45) is 1.46. The van der Waals surface area contributed by atoms with E-state index in [0.29, 0.717) is 16.6 Å². The van der Waals surface area contributed by atoms with Crippen LogP contribution in [-0.4, -0.2) is 34.6 Å². The molecule has 1 aromatic heterocycles. The highest BCUT2D eigenvalue weighted by molar-refractivity contribution is 9.10. The molecule has 1 amide bonds. The van der Waals surface area contributed by atoms with Crippen molar-refractivity contribution in [1.82, 2.24) is 15.1 Å². The van der Waals surface area contributed by atoms with Crippen molar-refractivity contribution in [2.45, 2.75) is 12.8 Å². The summed E-state index contributed by atoms with van der Waals surface area (Å²) in [6, 6.07) is 12.1. The van der Waals surface area contributed by atoms with Crippen molar-refractivity contribution in [3.8, 4) is 11.3 Å². The number of benzene rings is 2. The monoisotopic (exact) mass is 433 g/mol. The van der Waals surface area contributed by atoms with Gasteiger partial charge in [0.1, 0.15) is 11.6 Å². The summed E-state index contributed by atoms with van der Waals surface area (Å²) in [7, 11) is 1.72. The number of nitrogens with one attached hydrogen (secondary N) is 1. The van der Waals surface area contributed by atoms with Crippen LogP contribution in [0.15, 0.2) is 53.0 Å². The zero-order chi connectivity index (χ0) is 19.4. The number of nitrogens with zero attached hydrogens (tertiary/aromatic N) is 2. The van der Waals surface area contributed by atoms with E-state index in [9.17, 15) is 13.6 Å². The third kappa shape index (κ3) is 4.80. The van der Waals surface area contributed by atoms with Gasteiger partial charge in [0.2, 0.25) is 0 Å². The molecule has 3 rings (SSSR count). The van der Waals surface area contributed by atoms with Gasteiger partial charge in [0.05, 0.1) is 11.3 Å². The van der Waals surface area contributed by atoms with E-state index < -0.39 is 5.82 Å². The first-order valence-corrected chi connectivity index (χ1v) is 9.24. The summed E-state index contributed by atoms with van der Waals surface area (Å²) in [4.78, 5) is 14.1. The van der Waals surface area contributed by atoms with Gasteiger partial charge in [-0.3, -0.25) is 9.89 Å². The number of H-pyrrole nitrogens is 1. The van der Waals surface area contributed by atoms with Gasteiger partial charge < -0.3 is 4.90 Å². The first-order chi connectivity index (χ1) is 12.9. The summed E-state index contributed by atoms with van der Waals surface area (Å²) < 4.78 is 26.6. The molecular formula is C20H18BrF2N3O. The molecule has 0 bridgehead atoms. The molecule has 0 spiro atoms. The molecule has 27 heavy (non-hydrogen) atoms. The van der Waals surface area contributed by atoms with E-state index in [-0.39, 0.29) is 11.7 Å². The van der Waals surface area contributed by atoms with Gasteiger partial charge in [-0.05, 0) is 77.3 Å². The van der Waals surface area contributed by atoms with Crippen LogP contribution in [0.3, 0.4) is 0 Å². The number of amides is 1. The lowest BCUT2D eigenvalue weighted by molar-refractivity contribution is 0.0792. The van der Waals surface area contributed by atoms with Crippen LogP contribution in [0.4, 0.5) is 8.78 Å². The Morgan fingerprint density at radius 3 is 2.52 bits per heavy atom. The Balaban J connectivity index is 1.55. The first-order valence-electron chi connectivity index (χ1n) is 8.45. The van der Waals surface area contributed by atoms with E-state index in [1.807, 2.05) is 6.07 Å². The van der Waals surface area contributed by atoms with Crippen LogP contribution < -0.4 is 0 Å². The van der Waals surface area contributed by atoms with Crippen LogP contribution in [0, 0.1) is 11.6 Å². The predicted octanol–water partition coefficient (Wildman–Crippen LogP) is 4.82. The van der Waals surface area contributed by atoms with Gasteiger partial charge in [-0.1, -0.05) is 0 Å². The van der Waals surface area contributed by atoms with Crippen molar-refractivity contribution in [3.63, 3.8) is 0 Å². The zero-order valence-corrected chi connectivity index (χ0v) is 16.3. The van der Waals surface area contributed by atoms with Crippen molar-refractivity contribution in [2.75, 3.05) is 13.6 Å². The molecule has 1 N–H and O–H groups in total. The smallest absolute Gasteiger partial charge is 0.254 e. The normalized spacial score (nSPS) is 10.8. The molecule has 0 atom stereocenters. The molecule has 0 radical (unpaired) electrons. The SMILES string of the molecule is CN(CCCc1cc(-c2ccc(F)cc2)n[nH]1)C(=O)c1ccc(F)cc1Br. The maximum Gasteiger partial charge on any atom is 0.254 e. The van der Waals surface area contributed by atoms with E-state index in [0.717, 1.165) is 29.8 Å². The summed E-state index contributed by atoms with van der Waals surface area (Å²) in [5, 5.41) is 7.22. The van der Waals surface area contributed by atoms with Crippen LogP contribution in [0.1, 0.15) is 22.5 Å². The second-order valence-corrected chi connectivity index (χ2v) is 7.09. The van der Waals surface area contributed by atoms with Crippen molar-refractivity contribution < 1.29 is 13.6 Å². The molecule has 0 fully saturated rings. The minimum absolute atomic E-state index is 0.168. The number of aromatic amines is 1. The van der Waals surface area contributed by atoms with E-state index in [2.05, 4.69) is 26.1 Å². The predicted molar refractivity (Wildman–Crippen MR) is 103 cm³/mol. The number of rotatable bonds is 6. The molecule has 7 heteroatoms. The summed E-state index contributed by atoms with van der Waals surface area (Å²) in [5.74, 6) is -0.842. The Morgan fingerprint density at radius 2 is 1.81 bits per heavy atom. The number of halogens is 3. The summed E-state index contributed by atoms with van der Waals surface area (Å²) >= 11 is 3.23. The van der Waals surface area contributed by atoms with Gasteiger partial charge in [0.15, 0.2) is 0 Å². The number of aryl methyl sites for hydroxylation is 1. The fourth-order valence-corrected chi connectivity index (χ4v) is 3.26. The van der Waals surface area contributed by atoms with E-state index in [1.54, 1.807) is 24.1 Å². The lowest BCUT2D eigenvalue weighted by Crippen LogP contribution is -2.28. The average molecular weight is 434 g/mol. The first kappa shape index (κ1) is 19.2. The van der Waals surface area contributed by atoms with E-state index in [4.69, 9.17) is 0 Å². The minimum atomic E-state index is -0.391. The van der Waals surface area contributed by atoms with Crippen LogP contribution in [0.5, 0.6) is 0 Å². The van der Waals surface area contributed by atoms with Gasteiger partial charge in [-0.2, -0.15) is 5.10 Å². The molecule has 0 aliphatic heterocycles. The Bertz CT molecular complexity index is 941. The fraction of sp³-hybridized carbons (Fsp3) is 0.200. The molecule has 0 saturated carbocycles. The third-order valence-corrected chi connectivity index (χ3v) is 4.87. The van der Waals surface area contributed by atoms with Crippen LogP contribution in [0.25, 0.3) is 11.3 Å². The largest absolute Gasteiger partial charge is 0.342 e. The fourth-order valence-electron chi connectivity index (χ4n) is 2.73. The highest BCUT2D eigenvalue weighted by atomic mass is 79.9. The molecule has 140 valence electrons. The Labute approximate surface area is 164 Å². The molecule has 3 aromatic rings. The van der Waals surface area contributed by atoms with Gasteiger partial charge in [-0.15, -0.1) is 0 Å². The molecular weight excluding hydrogens is 416 g/mol. The van der Waals surface area contributed by atoms with Crippen molar-refractivity contribution in [1.29, 1.82) is 0 Å². The third-order valence-electron chi connectivity index (χ3n) is 4.22. The zero-order valence-electron chi connectivity index (χ0n) is 14.7. The Kier molecular flexibility index (Phi) is 6.01. The van der Waals surface area contributed by atoms with Crippen LogP contribution in [0.2, 0.25) is 0 Å². The van der Waals surface area contributed by atoms with E-state index in [1.165, 1.54) is 30.3 Å². The van der Waals surface area contributed by atoms with Crippen LogP contribution >= 0.6 is 15.9 Å². The van der Waals surface area contributed by atoms with Gasteiger partial charge in [0, 0.05) is 29.3 Å². The summed E-state index contributed by atoms with van der Waals surface area (Å²) in [6.45, 7) is 0.549. The quantitative estimate of drug-likeness (QED) is 0.605. The van der Waals surface area contributed by atoms with Gasteiger partial charge >= 0.3 is 0 Å². The number of hydrogen-bond acceptors (Lipinski definition) is 2. The summed E-state index contributed by atoms with van der Waals surface area (Å²) in [5.41, 5.74) is 2.97. The maximum absolute atomic E-state index is 13.2. The average Bonchev–Trinajstić information content (AvgIpc) is 3.10. The number of hydrogen-bond donors (Lipinski definition) is 1. The molecule has 0 saturated heterocycles. The topological polar surface area (TPSA) is 49.0 Å². The van der Waals surface area contributed by atoms with Crippen molar-refractivity contribution in [2.24, 2.45) is 0 Å². The maximum atomic E-state index is 13.2. The lowest BCUT2D eigenvalue weighted by atomic mass is 10.1. The van der Waals surface area contributed by atoms with E-state index >= 15 is 0 Å². The van der Waals surface area contributed by atoms with Gasteiger partial charge in [0.25, 0.3) is 5.91 Å². The molecule has 0 aliphatic rings. The molecule has 1 heterocycles. The highest BCUT2D eigenvalue weighted by Crippen LogP contribution is 2.20. The standard InChI is InChI=1S/C20H18BrF2N3O/c1-26(20(27)17-9-8-15(23)11-18(17)21)10-2-3-16-12-19(25-24-16)13-4-6-14(22)7-5-13/h4-9,11-12H,2-3,10H2,1H3,(H,24,25). The highest BCUT2D eigenvalue weighted by Gasteiger charge is 2.15. The molecule has 2 aromatic carbocycles. The molecule has 4 nitrogen and oxygen atoms in total. The second-order valence-electron chi connectivity index (χ2n) is 6.24. The van der Waals surface area contributed by atoms with Gasteiger partial charge in [-0.25, -0.2) is 8.78 Å². The number of carbonyl (C=O) groups is 1. The Morgan fingerprint density at radius 1 is 1.11 bits per heavy atom. The number of aromatic nitrogens is 2. The molecule has 0 unspecified atom stereocenters. The molecule has 0 aliphatic carbocycles. The van der Waals surface area contributed by atoms with Crippen LogP contribution in [-0.2, 0) is 6.42 Å². The second kappa shape index (κ2) is 8.43. The number of carbonyl (C=O) groups excluding carboxylic acids is 1. The Hall–Kier alpha value is -2.54. The minimum Gasteiger partial charge on any atom is -0.342 e. The van der Waals surface area contributed by atoms with Crippen molar-refractivity contribution >= 4 is 21.8 Å². The lowest BCUT2D eigenvalue weighted by Gasteiger charge is -2.17.